The molecule has 1 fully saturated rings. The highest BCUT2D eigenvalue weighted by Gasteiger charge is 2.26. The smallest absolute Gasteiger partial charge is 0.409 e. The first-order valence-corrected chi connectivity index (χ1v) is 9.10. The lowest BCUT2D eigenvalue weighted by molar-refractivity contribution is -0.140. The van der Waals surface area contributed by atoms with E-state index in [1.165, 1.54) is 24.0 Å². The summed E-state index contributed by atoms with van der Waals surface area (Å²) in [5.41, 5.74) is 0.901. The molecule has 1 saturated heterocycles. The number of carbonyl (C=O) groups excluding carboxylic acids is 3. The molecule has 0 aliphatic carbocycles. The van der Waals surface area contributed by atoms with Gasteiger partial charge in [0.2, 0.25) is 11.8 Å². The summed E-state index contributed by atoms with van der Waals surface area (Å²) in [6.45, 7) is 5.55. The van der Waals surface area contributed by atoms with Crippen molar-refractivity contribution in [2.75, 3.05) is 45.9 Å². The maximum atomic E-state index is 13.0. The highest BCUT2D eigenvalue weighted by Crippen LogP contribution is 2.08. The van der Waals surface area contributed by atoms with Gasteiger partial charge in [0.1, 0.15) is 5.82 Å². The summed E-state index contributed by atoms with van der Waals surface area (Å²) in [5, 5.41) is 0. The first-order valence-electron chi connectivity index (χ1n) is 9.10. The molecule has 0 radical (unpaired) electrons. The van der Waals surface area contributed by atoms with Crippen LogP contribution in [0.5, 0.6) is 0 Å². The molecule has 0 atom stereocenters. The van der Waals surface area contributed by atoms with Gasteiger partial charge in [-0.2, -0.15) is 0 Å². The van der Waals surface area contributed by atoms with Crippen LogP contribution in [0.3, 0.4) is 0 Å². The van der Waals surface area contributed by atoms with Gasteiger partial charge < -0.3 is 19.4 Å². The second-order valence-corrected chi connectivity index (χ2v) is 6.38. The number of rotatable bonds is 6. The number of hydrogen-bond donors (Lipinski definition) is 0. The van der Waals surface area contributed by atoms with Crippen molar-refractivity contribution in [3.63, 3.8) is 0 Å². The number of carbonyl (C=O) groups is 3. The SMILES string of the molecule is CCOC(=O)N1CCN(C(=O)CN(CCc2ccc(F)cc2)C(C)=O)CC1. The molecule has 3 amide bonds. The zero-order valence-corrected chi connectivity index (χ0v) is 15.8. The van der Waals surface area contributed by atoms with Gasteiger partial charge in [0, 0.05) is 39.6 Å². The zero-order chi connectivity index (χ0) is 19.8. The molecule has 1 aliphatic rings. The Bertz CT molecular complexity index is 657. The number of benzene rings is 1. The molecule has 0 N–H and O–H groups in total. The van der Waals surface area contributed by atoms with Crippen molar-refractivity contribution in [1.82, 2.24) is 14.7 Å². The van der Waals surface area contributed by atoms with Crippen LogP contribution in [0.4, 0.5) is 9.18 Å². The summed E-state index contributed by atoms with van der Waals surface area (Å²) in [6.07, 6.45) is 0.179. The summed E-state index contributed by atoms with van der Waals surface area (Å²) in [4.78, 5) is 40.8. The highest BCUT2D eigenvalue weighted by molar-refractivity contribution is 5.84. The van der Waals surface area contributed by atoms with Gasteiger partial charge in [0.25, 0.3) is 0 Å². The van der Waals surface area contributed by atoms with Crippen LogP contribution in [0.2, 0.25) is 0 Å². The molecule has 1 heterocycles. The zero-order valence-electron chi connectivity index (χ0n) is 15.8. The monoisotopic (exact) mass is 379 g/mol. The Morgan fingerprint density at radius 2 is 1.67 bits per heavy atom. The lowest BCUT2D eigenvalue weighted by Crippen LogP contribution is -2.53. The van der Waals surface area contributed by atoms with Gasteiger partial charge >= 0.3 is 6.09 Å². The van der Waals surface area contributed by atoms with Crippen LogP contribution >= 0.6 is 0 Å². The van der Waals surface area contributed by atoms with E-state index in [0.29, 0.717) is 45.8 Å². The van der Waals surface area contributed by atoms with Crippen molar-refractivity contribution in [2.24, 2.45) is 0 Å². The van der Waals surface area contributed by atoms with E-state index in [-0.39, 0.29) is 30.3 Å². The van der Waals surface area contributed by atoms with E-state index in [1.807, 2.05) is 0 Å². The van der Waals surface area contributed by atoms with Gasteiger partial charge in [-0.05, 0) is 31.0 Å². The Balaban J connectivity index is 1.83. The molecule has 0 aromatic heterocycles. The Morgan fingerprint density at radius 1 is 1.07 bits per heavy atom. The van der Waals surface area contributed by atoms with Gasteiger partial charge in [-0.1, -0.05) is 12.1 Å². The van der Waals surface area contributed by atoms with E-state index in [2.05, 4.69) is 0 Å². The van der Waals surface area contributed by atoms with Crippen LogP contribution in [-0.2, 0) is 20.7 Å². The second-order valence-electron chi connectivity index (χ2n) is 6.38. The van der Waals surface area contributed by atoms with Crippen molar-refractivity contribution < 1.29 is 23.5 Å². The van der Waals surface area contributed by atoms with Gasteiger partial charge in [0.15, 0.2) is 0 Å². The fourth-order valence-electron chi connectivity index (χ4n) is 2.88. The minimum atomic E-state index is -0.366. The van der Waals surface area contributed by atoms with E-state index in [9.17, 15) is 18.8 Å². The molecule has 7 nitrogen and oxygen atoms in total. The predicted molar refractivity (Wildman–Crippen MR) is 97.5 cm³/mol. The molecule has 0 unspecified atom stereocenters. The largest absolute Gasteiger partial charge is 0.450 e. The quantitative estimate of drug-likeness (QED) is 0.751. The molecule has 0 saturated carbocycles. The van der Waals surface area contributed by atoms with Gasteiger partial charge in [-0.15, -0.1) is 0 Å². The van der Waals surface area contributed by atoms with Crippen molar-refractivity contribution in [1.29, 1.82) is 0 Å². The average Bonchev–Trinajstić information content (AvgIpc) is 2.66. The summed E-state index contributed by atoms with van der Waals surface area (Å²) < 4.78 is 17.9. The molecular weight excluding hydrogens is 353 g/mol. The van der Waals surface area contributed by atoms with Crippen LogP contribution < -0.4 is 0 Å². The van der Waals surface area contributed by atoms with Crippen molar-refractivity contribution in [3.05, 3.63) is 35.6 Å². The summed E-state index contributed by atoms with van der Waals surface area (Å²) >= 11 is 0. The number of amides is 3. The van der Waals surface area contributed by atoms with Crippen molar-refractivity contribution in [3.8, 4) is 0 Å². The number of nitrogens with zero attached hydrogens (tertiary/aromatic N) is 3. The van der Waals surface area contributed by atoms with E-state index in [0.717, 1.165) is 5.56 Å². The molecular formula is C19H26FN3O4. The Hall–Kier alpha value is -2.64. The number of halogens is 1. The molecule has 1 aliphatic heterocycles. The molecule has 1 aromatic carbocycles. The number of piperazine rings is 1. The van der Waals surface area contributed by atoms with Crippen LogP contribution in [-0.4, -0.2) is 78.5 Å². The molecule has 27 heavy (non-hydrogen) atoms. The van der Waals surface area contributed by atoms with Crippen molar-refractivity contribution in [2.45, 2.75) is 20.3 Å². The maximum Gasteiger partial charge on any atom is 0.409 e. The predicted octanol–water partition coefficient (Wildman–Crippen LogP) is 1.52. The number of hydrogen-bond acceptors (Lipinski definition) is 4. The topological polar surface area (TPSA) is 70.2 Å². The first-order chi connectivity index (χ1) is 12.9. The first kappa shape index (κ1) is 20.7. The van der Waals surface area contributed by atoms with Crippen molar-refractivity contribution >= 4 is 17.9 Å². The fraction of sp³-hybridized carbons (Fsp3) is 0.526. The molecule has 0 bridgehead atoms. The third-order valence-electron chi connectivity index (χ3n) is 4.51. The van der Waals surface area contributed by atoms with E-state index < -0.39 is 0 Å². The van der Waals surface area contributed by atoms with Gasteiger partial charge in [-0.25, -0.2) is 9.18 Å². The molecule has 148 valence electrons. The Labute approximate surface area is 158 Å². The Kier molecular flexibility index (Phi) is 7.57. The summed E-state index contributed by atoms with van der Waals surface area (Å²) in [5.74, 6) is -0.636. The summed E-state index contributed by atoms with van der Waals surface area (Å²) in [6, 6.07) is 6.09. The second kappa shape index (κ2) is 9.89. The third-order valence-corrected chi connectivity index (χ3v) is 4.51. The average molecular weight is 379 g/mol. The molecule has 0 spiro atoms. The standard InChI is InChI=1S/C19H26FN3O4/c1-3-27-19(26)22-12-10-21(11-13-22)18(25)14-23(15(2)24)9-8-16-4-6-17(20)7-5-16/h4-7H,3,8-14H2,1-2H3. The fourth-order valence-corrected chi connectivity index (χ4v) is 2.88. The van der Waals surface area contributed by atoms with E-state index >= 15 is 0 Å². The Morgan fingerprint density at radius 3 is 2.22 bits per heavy atom. The van der Waals surface area contributed by atoms with Gasteiger partial charge in [0.05, 0.1) is 13.2 Å². The molecule has 2 rings (SSSR count). The normalized spacial score (nSPS) is 14.0. The lowest BCUT2D eigenvalue weighted by Gasteiger charge is -2.35. The third kappa shape index (κ3) is 6.23. The highest BCUT2D eigenvalue weighted by atomic mass is 19.1. The number of ether oxygens (including phenoxy) is 1. The van der Waals surface area contributed by atoms with Gasteiger partial charge in [-0.3, -0.25) is 9.59 Å². The molecule has 8 heteroatoms. The minimum absolute atomic E-state index is 0.00403. The van der Waals surface area contributed by atoms with E-state index in [4.69, 9.17) is 4.74 Å². The van der Waals surface area contributed by atoms with E-state index in [1.54, 1.807) is 28.9 Å². The van der Waals surface area contributed by atoms with Crippen LogP contribution in [0.25, 0.3) is 0 Å². The summed E-state index contributed by atoms with van der Waals surface area (Å²) in [7, 11) is 0. The van der Waals surface area contributed by atoms with Crippen LogP contribution in [0.15, 0.2) is 24.3 Å². The minimum Gasteiger partial charge on any atom is -0.450 e. The van der Waals surface area contributed by atoms with Crippen LogP contribution in [0.1, 0.15) is 19.4 Å². The molecule has 1 aromatic rings. The lowest BCUT2D eigenvalue weighted by atomic mass is 10.1. The maximum absolute atomic E-state index is 13.0. The van der Waals surface area contributed by atoms with Crippen LogP contribution in [0, 0.1) is 5.82 Å².